The molecule has 3 nitrogen and oxygen atoms in total. The Hall–Kier alpha value is -1.27. The van der Waals surface area contributed by atoms with Crippen molar-refractivity contribution < 1.29 is 17.9 Å². The molecule has 2 fully saturated rings. The van der Waals surface area contributed by atoms with E-state index in [1.54, 1.807) is 12.1 Å². The van der Waals surface area contributed by atoms with Gasteiger partial charge in [0.05, 0.1) is 5.56 Å². The Balaban J connectivity index is 1.80. The number of halogens is 3. The van der Waals surface area contributed by atoms with Gasteiger partial charge >= 0.3 is 6.18 Å². The van der Waals surface area contributed by atoms with Crippen molar-refractivity contribution in [2.24, 2.45) is 0 Å². The van der Waals surface area contributed by atoms with E-state index in [2.05, 4.69) is 10.2 Å². The van der Waals surface area contributed by atoms with Gasteiger partial charge in [-0.1, -0.05) is 6.07 Å². The topological polar surface area (TPSA) is 24.5 Å². The third-order valence-electron chi connectivity index (χ3n) is 4.03. The average Bonchev–Trinajstić information content (AvgIpc) is 2.87. The number of benzene rings is 1. The maximum absolute atomic E-state index is 13.2. The van der Waals surface area contributed by atoms with Gasteiger partial charge in [-0.2, -0.15) is 13.2 Å². The SMILES string of the molecule is FC(F)(F)c1cc(OC2CNC2)ccc1CN1CCCC1. The maximum atomic E-state index is 13.2. The molecule has 116 valence electrons. The van der Waals surface area contributed by atoms with Gasteiger partial charge in [-0.05, 0) is 43.6 Å². The van der Waals surface area contributed by atoms with Gasteiger partial charge in [-0.15, -0.1) is 0 Å². The first-order chi connectivity index (χ1) is 10.0. The van der Waals surface area contributed by atoms with Crippen molar-refractivity contribution in [2.45, 2.75) is 31.7 Å². The van der Waals surface area contributed by atoms with Crippen LogP contribution in [0.3, 0.4) is 0 Å². The number of likely N-dealkylation sites (tertiary alicyclic amines) is 1. The number of ether oxygens (including phenoxy) is 1. The molecule has 2 heterocycles. The van der Waals surface area contributed by atoms with E-state index in [1.807, 2.05) is 0 Å². The van der Waals surface area contributed by atoms with Gasteiger partial charge in [-0.25, -0.2) is 0 Å². The molecule has 0 aliphatic carbocycles. The minimum Gasteiger partial charge on any atom is -0.488 e. The third-order valence-corrected chi connectivity index (χ3v) is 4.03. The first kappa shape index (κ1) is 14.7. The van der Waals surface area contributed by atoms with Crippen LogP contribution in [0.15, 0.2) is 18.2 Å². The lowest BCUT2D eigenvalue weighted by Gasteiger charge is -2.28. The predicted octanol–water partition coefficient (Wildman–Crippen LogP) is 2.65. The molecule has 1 N–H and O–H groups in total. The highest BCUT2D eigenvalue weighted by Gasteiger charge is 2.34. The second-order valence-electron chi connectivity index (χ2n) is 5.70. The van der Waals surface area contributed by atoms with E-state index in [0.29, 0.717) is 30.9 Å². The highest BCUT2D eigenvalue weighted by Crippen LogP contribution is 2.35. The summed E-state index contributed by atoms with van der Waals surface area (Å²) in [5.74, 6) is 0.305. The standard InChI is InChI=1S/C15H19F3N2O/c16-15(17,18)14-7-12(21-13-8-19-9-13)4-3-11(14)10-20-5-1-2-6-20/h3-4,7,13,19H,1-2,5-6,8-10H2. The van der Waals surface area contributed by atoms with Crippen LogP contribution in [0, 0.1) is 0 Å². The van der Waals surface area contributed by atoms with Gasteiger partial charge < -0.3 is 10.1 Å². The molecule has 0 radical (unpaired) electrons. The summed E-state index contributed by atoms with van der Waals surface area (Å²) in [6.07, 6.45) is -2.23. The number of nitrogens with zero attached hydrogens (tertiary/aromatic N) is 1. The Morgan fingerprint density at radius 3 is 2.48 bits per heavy atom. The summed E-state index contributed by atoms with van der Waals surface area (Å²) in [5, 5.41) is 3.03. The molecular weight excluding hydrogens is 281 g/mol. The van der Waals surface area contributed by atoms with Crippen molar-refractivity contribution in [3.05, 3.63) is 29.3 Å². The maximum Gasteiger partial charge on any atom is 0.416 e. The van der Waals surface area contributed by atoms with Crippen LogP contribution in [0.5, 0.6) is 5.75 Å². The lowest BCUT2D eigenvalue weighted by atomic mass is 10.1. The fraction of sp³-hybridized carbons (Fsp3) is 0.600. The minimum absolute atomic E-state index is 0.0180. The molecule has 1 aromatic carbocycles. The average molecular weight is 300 g/mol. The van der Waals surface area contributed by atoms with Gasteiger partial charge in [0.1, 0.15) is 11.9 Å². The lowest BCUT2D eigenvalue weighted by molar-refractivity contribution is -0.138. The number of nitrogens with one attached hydrogen (secondary N) is 1. The van der Waals surface area contributed by atoms with Crippen LogP contribution < -0.4 is 10.1 Å². The van der Waals surface area contributed by atoms with Gasteiger partial charge in [0.15, 0.2) is 0 Å². The van der Waals surface area contributed by atoms with Gasteiger partial charge in [0.25, 0.3) is 0 Å². The molecule has 0 bridgehead atoms. The number of rotatable bonds is 4. The van der Waals surface area contributed by atoms with Crippen LogP contribution in [0.1, 0.15) is 24.0 Å². The molecule has 3 rings (SSSR count). The summed E-state index contributed by atoms with van der Waals surface area (Å²) in [5.41, 5.74) is -0.234. The fourth-order valence-corrected chi connectivity index (χ4v) is 2.75. The second kappa shape index (κ2) is 5.85. The van der Waals surface area contributed by atoms with E-state index in [1.165, 1.54) is 0 Å². The quantitative estimate of drug-likeness (QED) is 0.925. The predicted molar refractivity (Wildman–Crippen MR) is 73.2 cm³/mol. The summed E-state index contributed by atoms with van der Waals surface area (Å²) < 4.78 is 45.3. The van der Waals surface area contributed by atoms with E-state index < -0.39 is 11.7 Å². The van der Waals surface area contributed by atoms with Gasteiger partial charge in [-0.3, -0.25) is 4.90 Å². The van der Waals surface area contributed by atoms with Crippen molar-refractivity contribution in [1.29, 1.82) is 0 Å². The number of hydrogen-bond acceptors (Lipinski definition) is 3. The highest BCUT2D eigenvalue weighted by atomic mass is 19.4. The van der Waals surface area contributed by atoms with E-state index >= 15 is 0 Å². The van der Waals surface area contributed by atoms with E-state index in [0.717, 1.165) is 32.0 Å². The first-order valence-corrected chi connectivity index (χ1v) is 7.32. The number of hydrogen-bond donors (Lipinski definition) is 1. The molecule has 6 heteroatoms. The monoisotopic (exact) mass is 300 g/mol. The van der Waals surface area contributed by atoms with Crippen molar-refractivity contribution in [3.8, 4) is 5.75 Å². The summed E-state index contributed by atoms with van der Waals surface area (Å²) in [6, 6.07) is 4.35. The normalized spacial score (nSPS) is 20.5. The summed E-state index contributed by atoms with van der Waals surface area (Å²) >= 11 is 0. The molecule has 0 spiro atoms. The molecule has 0 unspecified atom stereocenters. The zero-order valence-corrected chi connectivity index (χ0v) is 11.7. The summed E-state index contributed by atoms with van der Waals surface area (Å²) in [7, 11) is 0. The van der Waals surface area contributed by atoms with Crippen molar-refractivity contribution >= 4 is 0 Å². The second-order valence-corrected chi connectivity index (χ2v) is 5.70. The summed E-state index contributed by atoms with van der Waals surface area (Å²) in [6.45, 7) is 3.50. The molecule has 2 aliphatic rings. The zero-order chi connectivity index (χ0) is 14.9. The van der Waals surface area contributed by atoms with Crippen LogP contribution in [-0.2, 0) is 12.7 Å². The van der Waals surface area contributed by atoms with Crippen molar-refractivity contribution in [1.82, 2.24) is 10.2 Å². The molecular formula is C15H19F3N2O. The minimum atomic E-state index is -4.34. The Labute approximate surface area is 122 Å². The molecule has 2 saturated heterocycles. The van der Waals surface area contributed by atoms with Gasteiger partial charge in [0, 0.05) is 19.6 Å². The Morgan fingerprint density at radius 2 is 1.90 bits per heavy atom. The molecule has 2 aliphatic heterocycles. The first-order valence-electron chi connectivity index (χ1n) is 7.32. The molecule has 1 aromatic rings. The van der Waals surface area contributed by atoms with Crippen LogP contribution in [0.25, 0.3) is 0 Å². The van der Waals surface area contributed by atoms with E-state index in [-0.39, 0.29) is 6.10 Å². The lowest BCUT2D eigenvalue weighted by Crippen LogP contribution is -2.50. The van der Waals surface area contributed by atoms with Crippen LogP contribution in [-0.4, -0.2) is 37.2 Å². The van der Waals surface area contributed by atoms with Crippen LogP contribution in [0.2, 0.25) is 0 Å². The molecule has 0 amide bonds. The largest absolute Gasteiger partial charge is 0.488 e. The molecule has 0 atom stereocenters. The molecule has 21 heavy (non-hydrogen) atoms. The molecule has 0 saturated carbocycles. The smallest absolute Gasteiger partial charge is 0.416 e. The summed E-state index contributed by atoms with van der Waals surface area (Å²) in [4.78, 5) is 2.07. The van der Waals surface area contributed by atoms with Crippen molar-refractivity contribution in [2.75, 3.05) is 26.2 Å². The Morgan fingerprint density at radius 1 is 1.19 bits per heavy atom. The van der Waals surface area contributed by atoms with E-state index in [9.17, 15) is 13.2 Å². The Bertz CT molecular complexity index is 494. The molecule has 0 aromatic heterocycles. The van der Waals surface area contributed by atoms with Gasteiger partial charge in [0.2, 0.25) is 0 Å². The fourth-order valence-electron chi connectivity index (χ4n) is 2.75. The van der Waals surface area contributed by atoms with Crippen LogP contribution in [0.4, 0.5) is 13.2 Å². The zero-order valence-electron chi connectivity index (χ0n) is 11.7. The third kappa shape index (κ3) is 3.49. The van der Waals surface area contributed by atoms with Crippen molar-refractivity contribution in [3.63, 3.8) is 0 Å². The highest BCUT2D eigenvalue weighted by molar-refractivity contribution is 5.38. The van der Waals surface area contributed by atoms with E-state index in [4.69, 9.17) is 4.74 Å². The Kier molecular flexibility index (Phi) is 4.08. The number of alkyl halides is 3. The van der Waals surface area contributed by atoms with Crippen LogP contribution >= 0.6 is 0 Å².